The van der Waals surface area contributed by atoms with Gasteiger partial charge in [-0.15, -0.1) is 11.8 Å². The molecule has 0 heterocycles. The van der Waals surface area contributed by atoms with Crippen molar-refractivity contribution in [2.24, 2.45) is 0 Å². The number of nitro benzene ring substituents is 1. The number of nitrogens with one attached hydrogen (secondary N) is 2. The van der Waals surface area contributed by atoms with E-state index in [2.05, 4.69) is 0 Å². The van der Waals surface area contributed by atoms with Gasteiger partial charge in [0.25, 0.3) is 11.6 Å². The number of benzene rings is 2. The largest absolute Gasteiger partial charge is 0.478 e. The summed E-state index contributed by atoms with van der Waals surface area (Å²) in [6, 6.07) is 7.32. The molecule has 2 rings (SSSR count). The van der Waals surface area contributed by atoms with Gasteiger partial charge in [-0.25, -0.2) is 4.39 Å². The Morgan fingerprint density at radius 3 is 2.48 bits per heavy atom. The summed E-state index contributed by atoms with van der Waals surface area (Å²) in [5.74, 6) is -2.87. The average Bonchev–Trinajstić information content (AvgIpc) is 2.71. The lowest BCUT2D eigenvalue weighted by Crippen LogP contribution is -2.47. The Kier molecular flexibility index (Phi) is 7.80. The first-order chi connectivity index (χ1) is 14.5. The summed E-state index contributed by atoms with van der Waals surface area (Å²) >= 11 is 0.614. The van der Waals surface area contributed by atoms with E-state index in [1.807, 2.05) is 10.9 Å². The third-order valence-corrected chi connectivity index (χ3v) is 4.74. The number of hydrogen-bond acceptors (Lipinski definition) is 6. The Labute approximate surface area is 177 Å². The van der Waals surface area contributed by atoms with Crippen molar-refractivity contribution in [1.82, 2.24) is 10.9 Å². The molecular formula is C18H15F4N3O5S. The number of para-hydroxylation sites is 1. The van der Waals surface area contributed by atoms with Crippen molar-refractivity contribution in [3.05, 3.63) is 64.0 Å². The van der Waals surface area contributed by atoms with E-state index < -0.39 is 51.8 Å². The molecule has 2 aromatic carbocycles. The first-order valence-corrected chi connectivity index (χ1v) is 9.46. The van der Waals surface area contributed by atoms with Crippen molar-refractivity contribution >= 4 is 29.3 Å². The molecule has 0 saturated carbocycles. The number of carbonyl (C=O) groups is 2. The molecule has 1 atom stereocenters. The fraction of sp³-hybridized carbons (Fsp3) is 0.222. The van der Waals surface area contributed by atoms with Gasteiger partial charge in [0.2, 0.25) is 5.91 Å². The van der Waals surface area contributed by atoms with Crippen LogP contribution in [-0.2, 0) is 15.8 Å². The zero-order chi connectivity index (χ0) is 23.2. The molecule has 0 bridgehead atoms. The summed E-state index contributed by atoms with van der Waals surface area (Å²) in [4.78, 5) is 33.7. The molecular weight excluding hydrogens is 446 g/mol. The highest BCUT2D eigenvalue weighted by Gasteiger charge is 2.33. The minimum atomic E-state index is -4.75. The van der Waals surface area contributed by atoms with Gasteiger partial charge in [0, 0.05) is 6.07 Å². The average molecular weight is 461 g/mol. The number of ether oxygens (including phenoxy) is 1. The zero-order valence-corrected chi connectivity index (χ0v) is 16.6. The highest BCUT2D eigenvalue weighted by Crippen LogP contribution is 2.36. The van der Waals surface area contributed by atoms with Gasteiger partial charge in [-0.3, -0.25) is 30.6 Å². The Morgan fingerprint density at radius 1 is 1.19 bits per heavy atom. The lowest BCUT2D eigenvalue weighted by Gasteiger charge is -2.15. The number of carbonyl (C=O) groups excluding carboxylic acids is 2. The van der Waals surface area contributed by atoms with Crippen molar-refractivity contribution in [1.29, 1.82) is 0 Å². The highest BCUT2D eigenvalue weighted by atomic mass is 32.2. The maximum absolute atomic E-state index is 13.5. The van der Waals surface area contributed by atoms with Crippen LogP contribution in [-0.4, -0.2) is 28.6 Å². The molecule has 2 aromatic rings. The van der Waals surface area contributed by atoms with Crippen LogP contribution in [0.4, 0.5) is 23.2 Å². The van der Waals surface area contributed by atoms with Crippen molar-refractivity contribution in [3.8, 4) is 5.75 Å². The number of alkyl halides is 3. The predicted molar refractivity (Wildman–Crippen MR) is 102 cm³/mol. The standard InChI is InChI=1S/C18H15F4N3O5S/c1-10(30-14-5-3-2-4-12(14)19)17(27)24-23-16(26)9-31-15-7-6-11(18(20,21)22)8-13(15)25(28)29/h2-8,10H,9H2,1H3,(H,23,26)(H,24,27)/t10-/m1/s1. The minimum absolute atomic E-state index is 0.157. The Morgan fingerprint density at radius 2 is 1.87 bits per heavy atom. The summed E-state index contributed by atoms with van der Waals surface area (Å²) in [6.45, 7) is 1.31. The first-order valence-electron chi connectivity index (χ1n) is 8.47. The number of halogens is 4. The second-order valence-corrected chi connectivity index (χ2v) is 6.97. The number of amides is 2. The monoisotopic (exact) mass is 461 g/mol. The summed E-state index contributed by atoms with van der Waals surface area (Å²) in [7, 11) is 0. The summed E-state index contributed by atoms with van der Waals surface area (Å²) in [5, 5.41) is 11.0. The van der Waals surface area contributed by atoms with E-state index in [4.69, 9.17) is 4.74 Å². The molecule has 0 spiro atoms. The SMILES string of the molecule is C[C@@H](Oc1ccccc1F)C(=O)NNC(=O)CSc1ccc(C(F)(F)F)cc1[N+](=O)[O-]. The maximum atomic E-state index is 13.5. The van der Waals surface area contributed by atoms with Crippen LogP contribution in [0.25, 0.3) is 0 Å². The van der Waals surface area contributed by atoms with Gasteiger partial charge in [0.1, 0.15) is 0 Å². The van der Waals surface area contributed by atoms with Crippen LogP contribution < -0.4 is 15.6 Å². The topological polar surface area (TPSA) is 111 Å². The molecule has 8 nitrogen and oxygen atoms in total. The second kappa shape index (κ2) is 10.1. The van der Waals surface area contributed by atoms with Crippen molar-refractivity contribution in [2.45, 2.75) is 24.1 Å². The molecule has 13 heteroatoms. The lowest BCUT2D eigenvalue weighted by molar-refractivity contribution is -0.388. The minimum Gasteiger partial charge on any atom is -0.478 e. The Balaban J connectivity index is 1.90. The van der Waals surface area contributed by atoms with E-state index >= 15 is 0 Å². The van der Waals surface area contributed by atoms with Crippen LogP contribution in [0.2, 0.25) is 0 Å². The third-order valence-electron chi connectivity index (χ3n) is 3.68. The number of hydrogen-bond donors (Lipinski definition) is 2. The second-order valence-electron chi connectivity index (χ2n) is 5.95. The lowest BCUT2D eigenvalue weighted by atomic mass is 10.2. The van der Waals surface area contributed by atoms with Crippen LogP contribution in [0, 0.1) is 15.9 Å². The summed E-state index contributed by atoms with van der Waals surface area (Å²) in [6.07, 6.45) is -5.92. The molecule has 0 saturated heterocycles. The molecule has 0 aliphatic heterocycles. The van der Waals surface area contributed by atoms with Crippen molar-refractivity contribution < 1.29 is 36.8 Å². The maximum Gasteiger partial charge on any atom is 0.416 e. The smallest absolute Gasteiger partial charge is 0.416 e. The predicted octanol–water partition coefficient (Wildman–Crippen LogP) is 3.46. The number of rotatable bonds is 7. The number of hydrazine groups is 1. The van der Waals surface area contributed by atoms with Gasteiger partial charge in [-0.2, -0.15) is 13.2 Å². The van der Waals surface area contributed by atoms with Crippen molar-refractivity contribution in [2.75, 3.05) is 5.75 Å². The van der Waals surface area contributed by atoms with E-state index in [1.165, 1.54) is 25.1 Å². The number of thioether (sulfide) groups is 1. The normalized spacial score (nSPS) is 12.0. The quantitative estimate of drug-likeness (QED) is 0.283. The van der Waals surface area contributed by atoms with E-state index in [1.54, 1.807) is 0 Å². The van der Waals surface area contributed by atoms with Gasteiger partial charge in [0.15, 0.2) is 17.7 Å². The number of nitro groups is 1. The van der Waals surface area contributed by atoms with Crippen LogP contribution in [0.1, 0.15) is 12.5 Å². The molecule has 0 fully saturated rings. The van der Waals surface area contributed by atoms with Gasteiger partial charge in [0.05, 0.1) is 21.1 Å². The molecule has 31 heavy (non-hydrogen) atoms. The number of nitrogens with zero attached hydrogens (tertiary/aromatic N) is 1. The van der Waals surface area contributed by atoms with Crippen LogP contribution in [0.3, 0.4) is 0 Å². The van der Waals surface area contributed by atoms with E-state index in [-0.39, 0.29) is 10.6 Å². The van der Waals surface area contributed by atoms with E-state index in [9.17, 15) is 37.3 Å². The van der Waals surface area contributed by atoms with Crippen LogP contribution in [0.5, 0.6) is 5.75 Å². The van der Waals surface area contributed by atoms with Gasteiger partial charge in [-0.1, -0.05) is 12.1 Å². The molecule has 166 valence electrons. The fourth-order valence-electron chi connectivity index (χ4n) is 2.16. The van der Waals surface area contributed by atoms with Crippen LogP contribution >= 0.6 is 11.8 Å². The van der Waals surface area contributed by atoms with E-state index in [0.717, 1.165) is 12.1 Å². The molecule has 0 aromatic heterocycles. The summed E-state index contributed by atoms with van der Waals surface area (Å²) < 4.78 is 56.8. The molecule has 0 aliphatic carbocycles. The first kappa shape index (κ1) is 23.9. The van der Waals surface area contributed by atoms with Crippen molar-refractivity contribution in [3.63, 3.8) is 0 Å². The molecule has 0 aliphatic rings. The summed E-state index contributed by atoms with van der Waals surface area (Å²) in [5.41, 5.74) is 2.09. The van der Waals surface area contributed by atoms with Gasteiger partial charge < -0.3 is 4.74 Å². The molecule has 2 amide bonds. The molecule has 2 N–H and O–H groups in total. The molecule has 0 unspecified atom stereocenters. The molecule has 0 radical (unpaired) electrons. The van der Waals surface area contributed by atoms with Gasteiger partial charge >= 0.3 is 6.18 Å². The van der Waals surface area contributed by atoms with Gasteiger partial charge in [-0.05, 0) is 31.2 Å². The Hall–Kier alpha value is -3.35. The Bertz CT molecular complexity index is 987. The highest BCUT2D eigenvalue weighted by molar-refractivity contribution is 8.00. The van der Waals surface area contributed by atoms with Crippen LogP contribution in [0.15, 0.2) is 47.4 Å². The van der Waals surface area contributed by atoms with E-state index in [0.29, 0.717) is 23.9 Å². The third kappa shape index (κ3) is 6.84. The zero-order valence-electron chi connectivity index (χ0n) is 15.7. The fourth-order valence-corrected chi connectivity index (χ4v) is 2.96.